The average Bonchev–Trinajstić information content (AvgIpc) is 3.04. The number of rotatable bonds is 10. The second-order valence-corrected chi connectivity index (χ2v) is 12.7. The Morgan fingerprint density at radius 3 is 1.94 bits per heavy atom. The summed E-state index contributed by atoms with van der Waals surface area (Å²) in [4.78, 5) is 12.3. The van der Waals surface area contributed by atoms with Crippen molar-refractivity contribution in [2.45, 2.75) is 96.4 Å². The fourth-order valence-electron chi connectivity index (χ4n) is 5.49. The molecule has 0 bridgehead atoms. The van der Waals surface area contributed by atoms with Crippen molar-refractivity contribution in [2.75, 3.05) is 19.8 Å². The van der Waals surface area contributed by atoms with Crippen molar-refractivity contribution in [3.8, 4) is 0 Å². The number of benzene rings is 1. The fourth-order valence-corrected chi connectivity index (χ4v) is 6.18. The first-order valence-electron chi connectivity index (χ1n) is 14.2. The third kappa shape index (κ3) is 7.45. The summed E-state index contributed by atoms with van der Waals surface area (Å²) in [6.45, 7) is -2.86. The smallest absolute Gasteiger partial charge is 0.295 e. The Hall–Kier alpha value is -2.04. The summed E-state index contributed by atoms with van der Waals surface area (Å²) < 4.78 is 61.0. The molecule has 2 unspecified atom stereocenters. The van der Waals surface area contributed by atoms with Crippen molar-refractivity contribution in [3.05, 3.63) is 29.8 Å². The molecule has 21 nitrogen and oxygen atoms in total. The molecule has 3 aliphatic heterocycles. The minimum atomic E-state index is -4.92. The van der Waals surface area contributed by atoms with Crippen LogP contribution < -0.4 is 22.5 Å². The molecule has 16 N–H and O–H groups in total. The first kappa shape index (κ1) is 37.8. The van der Waals surface area contributed by atoms with Gasteiger partial charge in [-0.05, 0) is 12.1 Å². The molecule has 3 fully saturated rings. The molecule has 1 aromatic rings. The van der Waals surface area contributed by atoms with Crippen molar-refractivity contribution in [3.63, 3.8) is 0 Å². The van der Waals surface area contributed by atoms with E-state index in [1.54, 1.807) is 0 Å². The van der Waals surface area contributed by atoms with Crippen molar-refractivity contribution >= 4 is 16.0 Å². The predicted octanol–water partition coefficient (Wildman–Crippen LogP) is -7.67. The maximum Gasteiger partial charge on any atom is 0.295 e. The predicted molar refractivity (Wildman–Crippen MR) is 150 cm³/mol. The van der Waals surface area contributed by atoms with Gasteiger partial charge in [0.15, 0.2) is 24.6 Å². The van der Waals surface area contributed by atoms with Crippen LogP contribution in [0.25, 0.3) is 0 Å². The third-order valence-electron chi connectivity index (χ3n) is 8.21. The van der Waals surface area contributed by atoms with Gasteiger partial charge in [-0.15, -0.1) is 0 Å². The molecule has 3 heterocycles. The van der Waals surface area contributed by atoms with Gasteiger partial charge >= 0.3 is 0 Å². The molecule has 3 aliphatic rings. The maximum atomic E-state index is 13.1. The number of nitrogens with one attached hydrogen (secondary N) is 1. The molecule has 268 valence electrons. The molecular formula is C25H40N4O17S. The van der Waals surface area contributed by atoms with Crippen LogP contribution in [0.5, 0.6) is 0 Å². The SMILES string of the molecule is N[C@H]1[C@@H](OC2[C@@H](CO)O[C@@H](OC3[C@@H](CO)O[C@@H](O)[C@H](N)[C@H]3O)[C@H](N)[C@H]2O)O[C@@](CO)(NC(=O)c2ccccc2S(=O)(=O)O)[C@@H](O)[C@@H]1O. The molecule has 47 heavy (non-hydrogen) atoms. The van der Waals surface area contributed by atoms with Gasteiger partial charge in [0, 0.05) is 0 Å². The third-order valence-corrected chi connectivity index (χ3v) is 9.12. The number of aliphatic hydroxyl groups excluding tert-OH is 8. The highest BCUT2D eigenvalue weighted by Crippen LogP contribution is 2.33. The highest BCUT2D eigenvalue weighted by atomic mass is 32.2. The van der Waals surface area contributed by atoms with Crippen molar-refractivity contribution in [1.29, 1.82) is 0 Å². The van der Waals surface area contributed by atoms with E-state index in [0.717, 1.165) is 12.1 Å². The summed E-state index contributed by atoms with van der Waals surface area (Å²) in [6, 6.07) is -0.138. The van der Waals surface area contributed by atoms with E-state index in [0.29, 0.717) is 0 Å². The summed E-state index contributed by atoms with van der Waals surface area (Å²) in [6.07, 6.45) is -18.5. The van der Waals surface area contributed by atoms with Gasteiger partial charge < -0.3 is 87.1 Å². The van der Waals surface area contributed by atoms with Crippen LogP contribution in [0.4, 0.5) is 0 Å². The van der Waals surface area contributed by atoms with E-state index in [4.69, 9.17) is 40.9 Å². The topological polar surface area (TPSA) is 370 Å². The second-order valence-electron chi connectivity index (χ2n) is 11.3. The van der Waals surface area contributed by atoms with E-state index in [9.17, 15) is 58.6 Å². The van der Waals surface area contributed by atoms with Gasteiger partial charge in [0.05, 0.1) is 43.5 Å². The molecule has 4 rings (SSSR count). The van der Waals surface area contributed by atoms with Crippen LogP contribution in [0, 0.1) is 0 Å². The summed E-state index contributed by atoms with van der Waals surface area (Å²) in [7, 11) is -4.92. The average molecular weight is 701 g/mol. The molecule has 0 saturated carbocycles. The number of nitrogens with two attached hydrogens (primary N) is 3. The van der Waals surface area contributed by atoms with Crippen LogP contribution in [0.3, 0.4) is 0 Å². The molecule has 15 atom stereocenters. The highest BCUT2D eigenvalue weighted by molar-refractivity contribution is 7.86. The molecule has 0 aromatic heterocycles. The standard InChI is InChI=1S/C25H40N4O17S/c26-12-15(33)18(9(5-30)42-22(12)38)44-23-13(27)16(34)19(10(6-31)43-23)45-24-14(28)17(35)20(36)25(7-32,46-24)29-21(37)8-3-1-2-4-11(8)47(39,40)41/h1-4,9-10,12-20,22-24,30-36,38H,5-7,26-28H2,(H,29,37)(H,39,40,41)/t9-,10-,12-,13-,14-,15-,16-,17-,18?,19?,20+,22-,23+,24+,25-/m1/s1. The molecule has 0 aliphatic carbocycles. The number of carbonyl (C=O) groups excluding carboxylic acids is 1. The van der Waals surface area contributed by atoms with Crippen LogP contribution in [0.15, 0.2) is 29.2 Å². The van der Waals surface area contributed by atoms with E-state index < -0.39 is 138 Å². The fraction of sp³-hybridized carbons (Fsp3) is 0.720. The quantitative estimate of drug-likeness (QED) is 0.101. The monoisotopic (exact) mass is 700 g/mol. The van der Waals surface area contributed by atoms with E-state index in [1.807, 2.05) is 0 Å². The lowest BCUT2D eigenvalue weighted by Gasteiger charge is -2.51. The minimum Gasteiger partial charge on any atom is -0.394 e. The molecule has 3 saturated heterocycles. The van der Waals surface area contributed by atoms with Crippen LogP contribution >= 0.6 is 0 Å². The Kier molecular flexibility index (Phi) is 11.9. The van der Waals surface area contributed by atoms with Gasteiger partial charge in [-0.25, -0.2) is 0 Å². The second kappa shape index (κ2) is 14.8. The lowest BCUT2D eigenvalue weighted by atomic mass is 9.91. The Labute approximate surface area is 267 Å². The summed E-state index contributed by atoms with van der Waals surface area (Å²) in [5, 5.41) is 85.1. The Morgan fingerprint density at radius 2 is 1.36 bits per heavy atom. The molecular weight excluding hydrogens is 660 g/mol. The first-order chi connectivity index (χ1) is 22.0. The molecule has 0 radical (unpaired) electrons. The number of hydrogen-bond donors (Lipinski definition) is 13. The molecule has 22 heteroatoms. The van der Waals surface area contributed by atoms with Crippen molar-refractivity contribution < 1.29 is 82.3 Å². The Morgan fingerprint density at radius 1 is 0.830 bits per heavy atom. The van der Waals surface area contributed by atoms with E-state index in [2.05, 4.69) is 5.32 Å². The first-order valence-corrected chi connectivity index (χ1v) is 15.6. The number of aliphatic hydroxyl groups is 8. The number of amides is 1. The summed E-state index contributed by atoms with van der Waals surface area (Å²) >= 11 is 0. The zero-order chi connectivity index (χ0) is 35.0. The van der Waals surface area contributed by atoms with Gasteiger partial charge in [0.1, 0.15) is 53.7 Å². The zero-order valence-electron chi connectivity index (χ0n) is 24.4. The number of hydrogen-bond acceptors (Lipinski definition) is 19. The molecule has 0 spiro atoms. The van der Waals surface area contributed by atoms with Crippen LogP contribution in [-0.2, 0) is 33.8 Å². The van der Waals surface area contributed by atoms with Crippen LogP contribution in [0.2, 0.25) is 0 Å². The zero-order valence-corrected chi connectivity index (χ0v) is 25.3. The lowest BCUT2D eigenvalue weighted by molar-refractivity contribution is -0.362. The summed E-state index contributed by atoms with van der Waals surface area (Å²) in [5.74, 6) is -1.29. The van der Waals surface area contributed by atoms with Crippen molar-refractivity contribution in [2.24, 2.45) is 17.2 Å². The highest BCUT2D eigenvalue weighted by Gasteiger charge is 2.57. The normalized spacial score (nSPS) is 43.0. The lowest BCUT2D eigenvalue weighted by Crippen LogP contribution is -2.75. The van der Waals surface area contributed by atoms with E-state index in [1.165, 1.54) is 12.1 Å². The van der Waals surface area contributed by atoms with Gasteiger partial charge in [0.2, 0.25) is 0 Å². The van der Waals surface area contributed by atoms with E-state index in [-0.39, 0.29) is 0 Å². The summed E-state index contributed by atoms with van der Waals surface area (Å²) in [5.41, 5.74) is 14.6. The maximum absolute atomic E-state index is 13.1. The van der Waals surface area contributed by atoms with Crippen LogP contribution in [0.1, 0.15) is 10.4 Å². The van der Waals surface area contributed by atoms with Gasteiger partial charge in [0.25, 0.3) is 16.0 Å². The number of carbonyl (C=O) groups is 1. The number of ether oxygens (including phenoxy) is 5. The van der Waals surface area contributed by atoms with Gasteiger partial charge in [-0.1, -0.05) is 12.1 Å². The van der Waals surface area contributed by atoms with Crippen molar-refractivity contribution in [1.82, 2.24) is 5.32 Å². The minimum absolute atomic E-state index is 0.624. The van der Waals surface area contributed by atoms with Gasteiger partial charge in [-0.2, -0.15) is 8.42 Å². The van der Waals surface area contributed by atoms with E-state index >= 15 is 0 Å². The largest absolute Gasteiger partial charge is 0.394 e. The Balaban J connectivity index is 1.55. The Bertz CT molecular complexity index is 1340. The molecule has 1 amide bonds. The van der Waals surface area contributed by atoms with Crippen LogP contribution in [-0.4, -0.2) is 171 Å². The molecule has 1 aromatic carbocycles. The van der Waals surface area contributed by atoms with Gasteiger partial charge in [-0.3, -0.25) is 9.35 Å².